The fourth-order valence-electron chi connectivity index (χ4n) is 2.31. The second kappa shape index (κ2) is 8.36. The van der Waals surface area contributed by atoms with E-state index in [1.54, 1.807) is 6.07 Å². The van der Waals surface area contributed by atoms with Crippen molar-refractivity contribution in [3.05, 3.63) is 32.9 Å². The number of aryl methyl sites for hydroxylation is 1. The molecule has 0 radical (unpaired) electrons. The minimum Gasteiger partial charge on any atom is -0.481 e. The molecule has 1 aromatic carbocycles. The molecule has 0 heterocycles. The fourth-order valence-corrected chi connectivity index (χ4v) is 2.91. The van der Waals surface area contributed by atoms with Crippen LogP contribution in [0.3, 0.4) is 0 Å². The van der Waals surface area contributed by atoms with Crippen LogP contribution in [-0.2, 0) is 4.79 Å². The molecule has 4 nitrogen and oxygen atoms in total. The van der Waals surface area contributed by atoms with E-state index in [1.807, 2.05) is 19.1 Å². The number of nitrogens with one attached hydrogen (secondary N) is 1. The van der Waals surface area contributed by atoms with Crippen LogP contribution in [0, 0.1) is 22.3 Å². The number of halogens is 1. The lowest BCUT2D eigenvalue weighted by Crippen LogP contribution is -2.31. The summed E-state index contributed by atoms with van der Waals surface area (Å²) in [6, 6.07) is 5.61. The smallest absolute Gasteiger partial charge is 0.303 e. The van der Waals surface area contributed by atoms with Crippen LogP contribution in [0.1, 0.15) is 42.6 Å². The molecule has 1 aromatic rings. The summed E-state index contributed by atoms with van der Waals surface area (Å²) in [4.78, 5) is 23.1. The van der Waals surface area contributed by atoms with Crippen LogP contribution in [0.4, 0.5) is 0 Å². The molecule has 0 fully saturated rings. The Morgan fingerprint density at radius 1 is 1.33 bits per heavy atom. The Morgan fingerprint density at radius 2 is 2.00 bits per heavy atom. The van der Waals surface area contributed by atoms with Gasteiger partial charge in [-0.25, -0.2) is 0 Å². The lowest BCUT2D eigenvalue weighted by atomic mass is 9.94. The molecule has 0 saturated heterocycles. The molecule has 0 aliphatic carbocycles. The van der Waals surface area contributed by atoms with Crippen LogP contribution in [0.2, 0.25) is 0 Å². The van der Waals surface area contributed by atoms with Crippen molar-refractivity contribution in [2.75, 3.05) is 6.54 Å². The van der Waals surface area contributed by atoms with E-state index in [0.717, 1.165) is 15.6 Å². The third-order valence-electron chi connectivity index (χ3n) is 3.26. The molecule has 1 rings (SSSR count). The first-order valence-electron chi connectivity index (χ1n) is 7.06. The van der Waals surface area contributed by atoms with Gasteiger partial charge in [-0.1, -0.05) is 26.0 Å². The van der Waals surface area contributed by atoms with Gasteiger partial charge in [0.25, 0.3) is 5.91 Å². The van der Waals surface area contributed by atoms with Gasteiger partial charge in [0.05, 0.1) is 5.56 Å². The molecule has 0 aliphatic heterocycles. The molecule has 21 heavy (non-hydrogen) atoms. The number of carboxylic acids is 1. The highest BCUT2D eigenvalue weighted by Crippen LogP contribution is 2.18. The topological polar surface area (TPSA) is 66.4 Å². The zero-order valence-corrected chi connectivity index (χ0v) is 14.8. The number of amides is 1. The summed E-state index contributed by atoms with van der Waals surface area (Å²) in [5, 5.41) is 11.8. The highest BCUT2D eigenvalue weighted by atomic mass is 127. The zero-order valence-electron chi connectivity index (χ0n) is 12.6. The summed E-state index contributed by atoms with van der Waals surface area (Å²) >= 11 is 2.16. The summed E-state index contributed by atoms with van der Waals surface area (Å²) in [6.45, 7) is 6.47. The summed E-state index contributed by atoms with van der Waals surface area (Å²) in [5.74, 6) is -0.582. The maximum Gasteiger partial charge on any atom is 0.303 e. The van der Waals surface area contributed by atoms with E-state index in [0.29, 0.717) is 18.0 Å². The van der Waals surface area contributed by atoms with Gasteiger partial charge < -0.3 is 10.4 Å². The number of aliphatic carboxylic acids is 1. The maximum atomic E-state index is 12.2. The molecule has 1 atom stereocenters. The van der Waals surface area contributed by atoms with Crippen molar-refractivity contribution in [2.45, 2.75) is 33.6 Å². The molecule has 0 spiro atoms. The Hall–Kier alpha value is -1.11. The average Bonchev–Trinajstić information content (AvgIpc) is 2.37. The number of hydrogen-bond acceptors (Lipinski definition) is 2. The summed E-state index contributed by atoms with van der Waals surface area (Å²) in [5.41, 5.74) is 1.71. The summed E-state index contributed by atoms with van der Waals surface area (Å²) in [6.07, 6.45) is 0.876. The molecule has 5 heteroatoms. The van der Waals surface area contributed by atoms with Crippen LogP contribution in [0.5, 0.6) is 0 Å². The number of hydrogen-bond donors (Lipinski definition) is 2. The molecule has 116 valence electrons. The van der Waals surface area contributed by atoms with Gasteiger partial charge in [-0.3, -0.25) is 9.59 Å². The van der Waals surface area contributed by atoms with Crippen LogP contribution in [0.25, 0.3) is 0 Å². The summed E-state index contributed by atoms with van der Waals surface area (Å²) < 4.78 is 0.936. The molecule has 1 amide bonds. The van der Waals surface area contributed by atoms with Crippen LogP contribution in [-0.4, -0.2) is 23.5 Å². The number of carbonyl (C=O) groups is 2. The van der Waals surface area contributed by atoms with Crippen molar-refractivity contribution < 1.29 is 14.7 Å². The van der Waals surface area contributed by atoms with Gasteiger partial charge in [-0.05, 0) is 59.4 Å². The molecule has 0 saturated carbocycles. The average molecular weight is 403 g/mol. The van der Waals surface area contributed by atoms with Gasteiger partial charge in [0.2, 0.25) is 0 Å². The predicted octanol–water partition coefficient (Wildman–Crippen LogP) is 3.47. The van der Waals surface area contributed by atoms with Gasteiger partial charge >= 0.3 is 5.97 Å². The predicted molar refractivity (Wildman–Crippen MR) is 91.4 cm³/mol. The van der Waals surface area contributed by atoms with Gasteiger partial charge in [0, 0.05) is 16.5 Å². The van der Waals surface area contributed by atoms with Gasteiger partial charge in [0.15, 0.2) is 0 Å². The van der Waals surface area contributed by atoms with E-state index < -0.39 is 5.97 Å². The number of benzene rings is 1. The third-order valence-corrected chi connectivity index (χ3v) is 4.69. The number of carboxylic acid groups (broad SMARTS) is 1. The SMILES string of the molecule is Cc1cccc(C(=O)NC[C@H](CC(=O)O)CC(C)C)c1I. The fraction of sp³-hybridized carbons (Fsp3) is 0.500. The first kappa shape index (κ1) is 17.9. The standard InChI is InChI=1S/C16H22INO3/c1-10(2)7-12(8-14(19)20)9-18-16(21)13-6-4-5-11(3)15(13)17/h4-6,10,12H,7-9H2,1-3H3,(H,18,21)(H,19,20)/t12-/m0/s1. The van der Waals surface area contributed by atoms with E-state index in [-0.39, 0.29) is 18.2 Å². The van der Waals surface area contributed by atoms with Crippen molar-refractivity contribution >= 4 is 34.5 Å². The van der Waals surface area contributed by atoms with Gasteiger partial charge in [-0.2, -0.15) is 0 Å². The van der Waals surface area contributed by atoms with Gasteiger partial charge in [-0.15, -0.1) is 0 Å². The Labute approximate surface area is 139 Å². The molecule has 0 bridgehead atoms. The first-order valence-corrected chi connectivity index (χ1v) is 8.14. The minimum atomic E-state index is -0.819. The van der Waals surface area contributed by atoms with Crippen LogP contribution in [0.15, 0.2) is 18.2 Å². The minimum absolute atomic E-state index is 0.0334. The molecule has 0 unspecified atom stereocenters. The largest absolute Gasteiger partial charge is 0.481 e. The second-order valence-corrected chi connectivity index (χ2v) is 6.82. The lowest BCUT2D eigenvalue weighted by molar-refractivity contribution is -0.138. The Kier molecular flexibility index (Phi) is 7.14. The Balaban J connectivity index is 2.68. The number of carbonyl (C=O) groups excluding carboxylic acids is 1. The third kappa shape index (κ3) is 6.03. The van der Waals surface area contributed by atoms with E-state index in [2.05, 4.69) is 41.8 Å². The monoisotopic (exact) mass is 403 g/mol. The van der Waals surface area contributed by atoms with Crippen molar-refractivity contribution in [1.29, 1.82) is 0 Å². The van der Waals surface area contributed by atoms with Crippen LogP contribution < -0.4 is 5.32 Å². The van der Waals surface area contributed by atoms with Crippen molar-refractivity contribution in [3.8, 4) is 0 Å². The molecular formula is C16H22INO3. The van der Waals surface area contributed by atoms with Crippen molar-refractivity contribution in [1.82, 2.24) is 5.32 Å². The van der Waals surface area contributed by atoms with E-state index >= 15 is 0 Å². The second-order valence-electron chi connectivity index (χ2n) is 5.74. The molecule has 2 N–H and O–H groups in total. The highest BCUT2D eigenvalue weighted by Gasteiger charge is 2.17. The van der Waals surface area contributed by atoms with E-state index in [1.165, 1.54) is 0 Å². The summed E-state index contributed by atoms with van der Waals surface area (Å²) in [7, 11) is 0. The lowest BCUT2D eigenvalue weighted by Gasteiger charge is -2.18. The first-order chi connectivity index (χ1) is 9.81. The van der Waals surface area contributed by atoms with Crippen LogP contribution >= 0.6 is 22.6 Å². The molecule has 0 aliphatic rings. The van der Waals surface area contributed by atoms with E-state index in [4.69, 9.17) is 5.11 Å². The van der Waals surface area contributed by atoms with E-state index in [9.17, 15) is 9.59 Å². The highest BCUT2D eigenvalue weighted by molar-refractivity contribution is 14.1. The quantitative estimate of drug-likeness (QED) is 0.686. The Morgan fingerprint density at radius 3 is 2.57 bits per heavy atom. The Bertz CT molecular complexity index is 514. The van der Waals surface area contributed by atoms with Crippen molar-refractivity contribution in [2.24, 2.45) is 11.8 Å². The molecular weight excluding hydrogens is 381 g/mol. The number of rotatable bonds is 7. The molecule has 0 aromatic heterocycles. The maximum absolute atomic E-state index is 12.2. The van der Waals surface area contributed by atoms with Gasteiger partial charge in [0.1, 0.15) is 0 Å². The normalized spacial score (nSPS) is 12.2. The zero-order chi connectivity index (χ0) is 16.0. The van der Waals surface area contributed by atoms with Crippen molar-refractivity contribution in [3.63, 3.8) is 0 Å².